The van der Waals surface area contributed by atoms with Crippen LogP contribution in [-0.4, -0.2) is 37.6 Å². The second kappa shape index (κ2) is 8.02. The molecule has 5 heteroatoms. The number of nitrogens with zero attached hydrogens (tertiary/aromatic N) is 1. The fraction of sp³-hybridized carbons (Fsp3) is 0.615. The molecule has 0 bridgehead atoms. The molecule has 1 atom stereocenters. The number of anilines is 1. The zero-order valence-corrected chi connectivity index (χ0v) is 11.3. The second-order valence-electron chi connectivity index (χ2n) is 3.93. The molecule has 5 nitrogen and oxygen atoms in total. The van der Waals surface area contributed by atoms with E-state index in [9.17, 15) is 0 Å². The highest BCUT2D eigenvalue weighted by Crippen LogP contribution is 2.13. The Morgan fingerprint density at radius 3 is 2.50 bits per heavy atom. The van der Waals surface area contributed by atoms with Crippen molar-refractivity contribution in [1.82, 2.24) is 10.3 Å². The Hall–Kier alpha value is -1.17. The first-order chi connectivity index (χ1) is 8.72. The van der Waals surface area contributed by atoms with Crippen LogP contribution in [0.15, 0.2) is 18.3 Å². The van der Waals surface area contributed by atoms with Gasteiger partial charge >= 0.3 is 0 Å². The summed E-state index contributed by atoms with van der Waals surface area (Å²) in [7, 11) is 1.89. The van der Waals surface area contributed by atoms with Gasteiger partial charge in [-0.05, 0) is 38.9 Å². The topological polar surface area (TPSA) is 69.4 Å². The van der Waals surface area contributed by atoms with Crippen molar-refractivity contribution in [2.24, 2.45) is 0 Å². The molecular formula is C13H23N3O2. The number of hydrogen-bond acceptors (Lipinski definition) is 5. The Morgan fingerprint density at radius 2 is 2.00 bits per heavy atom. The fourth-order valence-corrected chi connectivity index (χ4v) is 1.80. The van der Waals surface area contributed by atoms with Gasteiger partial charge in [-0.3, -0.25) is 0 Å². The zero-order valence-electron chi connectivity index (χ0n) is 11.3. The van der Waals surface area contributed by atoms with E-state index in [1.54, 1.807) is 6.20 Å². The fourth-order valence-electron chi connectivity index (χ4n) is 1.80. The van der Waals surface area contributed by atoms with E-state index in [-0.39, 0.29) is 12.3 Å². The van der Waals surface area contributed by atoms with E-state index in [1.807, 2.05) is 33.0 Å². The van der Waals surface area contributed by atoms with Crippen LogP contribution < -0.4 is 11.1 Å². The summed E-state index contributed by atoms with van der Waals surface area (Å²) in [6.07, 6.45) is 2.14. The summed E-state index contributed by atoms with van der Waals surface area (Å²) in [5.41, 5.74) is 6.85. The number of pyridine rings is 1. The molecule has 0 aliphatic carbocycles. The molecule has 0 spiro atoms. The van der Waals surface area contributed by atoms with Crippen molar-refractivity contribution in [3.63, 3.8) is 0 Å². The number of likely N-dealkylation sites (N-methyl/N-ethyl adjacent to an activating group) is 1. The lowest BCUT2D eigenvalue weighted by molar-refractivity contribution is -0.152. The SMILES string of the molecule is CCOC(OCC)C(Cc1cccnc1N)NC. The maximum atomic E-state index is 5.85. The van der Waals surface area contributed by atoms with Crippen molar-refractivity contribution in [1.29, 1.82) is 0 Å². The molecule has 1 aromatic heterocycles. The lowest BCUT2D eigenvalue weighted by atomic mass is 10.1. The highest BCUT2D eigenvalue weighted by Gasteiger charge is 2.21. The van der Waals surface area contributed by atoms with E-state index >= 15 is 0 Å². The van der Waals surface area contributed by atoms with Gasteiger partial charge in [0.15, 0.2) is 6.29 Å². The first-order valence-electron chi connectivity index (χ1n) is 6.32. The minimum absolute atomic E-state index is 0.0522. The number of hydrogen-bond donors (Lipinski definition) is 2. The Morgan fingerprint density at radius 1 is 1.33 bits per heavy atom. The number of aromatic nitrogens is 1. The number of nitrogen functional groups attached to an aromatic ring is 1. The van der Waals surface area contributed by atoms with Crippen LogP contribution >= 0.6 is 0 Å². The standard InChI is InChI=1S/C13H23N3O2/c1-4-17-13(18-5-2)11(15-3)9-10-7-6-8-16-12(10)14/h6-8,11,13,15H,4-5,9H2,1-3H3,(H2,14,16). The largest absolute Gasteiger partial charge is 0.383 e. The van der Waals surface area contributed by atoms with E-state index in [0.717, 1.165) is 12.0 Å². The van der Waals surface area contributed by atoms with E-state index < -0.39 is 0 Å². The van der Waals surface area contributed by atoms with Gasteiger partial charge in [-0.15, -0.1) is 0 Å². The normalized spacial score (nSPS) is 12.9. The Kier molecular flexibility index (Phi) is 6.64. The second-order valence-corrected chi connectivity index (χ2v) is 3.93. The molecule has 0 aliphatic heterocycles. The molecule has 0 saturated carbocycles. The molecule has 102 valence electrons. The summed E-state index contributed by atoms with van der Waals surface area (Å²) in [5, 5.41) is 3.21. The highest BCUT2D eigenvalue weighted by atomic mass is 16.7. The van der Waals surface area contributed by atoms with Gasteiger partial charge < -0.3 is 20.5 Å². The summed E-state index contributed by atoms with van der Waals surface area (Å²) in [6.45, 7) is 5.14. The summed E-state index contributed by atoms with van der Waals surface area (Å²) in [6, 6.07) is 3.91. The molecular weight excluding hydrogens is 230 g/mol. The Labute approximate surface area is 109 Å². The predicted octanol–water partition coefficient (Wildman–Crippen LogP) is 1.19. The molecule has 0 saturated heterocycles. The summed E-state index contributed by atoms with van der Waals surface area (Å²) in [4.78, 5) is 4.09. The van der Waals surface area contributed by atoms with E-state index in [2.05, 4.69) is 10.3 Å². The summed E-state index contributed by atoms with van der Waals surface area (Å²) in [5.74, 6) is 0.560. The average Bonchev–Trinajstić information content (AvgIpc) is 2.38. The highest BCUT2D eigenvalue weighted by molar-refractivity contribution is 5.38. The third kappa shape index (κ3) is 4.25. The number of nitrogens with one attached hydrogen (secondary N) is 1. The molecule has 0 fully saturated rings. The molecule has 1 aromatic rings. The van der Waals surface area contributed by atoms with Crippen LogP contribution in [0, 0.1) is 0 Å². The minimum Gasteiger partial charge on any atom is -0.383 e. The van der Waals surface area contributed by atoms with Crippen LogP contribution in [0.5, 0.6) is 0 Å². The Balaban J connectivity index is 2.73. The van der Waals surface area contributed by atoms with Gasteiger partial charge in [0.05, 0.1) is 6.04 Å². The van der Waals surface area contributed by atoms with Crippen molar-refractivity contribution >= 4 is 5.82 Å². The average molecular weight is 253 g/mol. The van der Waals surface area contributed by atoms with Crippen molar-refractivity contribution in [2.45, 2.75) is 32.6 Å². The van der Waals surface area contributed by atoms with Crippen LogP contribution in [-0.2, 0) is 15.9 Å². The van der Waals surface area contributed by atoms with Crippen molar-refractivity contribution in [3.05, 3.63) is 23.9 Å². The quantitative estimate of drug-likeness (QED) is 0.681. The molecule has 1 unspecified atom stereocenters. The molecule has 0 amide bonds. The van der Waals surface area contributed by atoms with Crippen LogP contribution in [0.2, 0.25) is 0 Å². The maximum absolute atomic E-state index is 5.85. The van der Waals surface area contributed by atoms with Gasteiger partial charge in [-0.2, -0.15) is 0 Å². The van der Waals surface area contributed by atoms with Crippen molar-refractivity contribution in [2.75, 3.05) is 26.0 Å². The van der Waals surface area contributed by atoms with E-state index in [4.69, 9.17) is 15.2 Å². The van der Waals surface area contributed by atoms with Crippen LogP contribution in [0.1, 0.15) is 19.4 Å². The van der Waals surface area contributed by atoms with E-state index in [0.29, 0.717) is 19.0 Å². The minimum atomic E-state index is -0.274. The van der Waals surface area contributed by atoms with Gasteiger partial charge in [0.2, 0.25) is 0 Å². The lowest BCUT2D eigenvalue weighted by Crippen LogP contribution is -2.43. The van der Waals surface area contributed by atoms with Crippen LogP contribution in [0.4, 0.5) is 5.82 Å². The molecule has 0 aromatic carbocycles. The predicted molar refractivity (Wildman–Crippen MR) is 72.2 cm³/mol. The molecule has 0 radical (unpaired) electrons. The monoisotopic (exact) mass is 253 g/mol. The lowest BCUT2D eigenvalue weighted by Gasteiger charge is -2.26. The third-order valence-electron chi connectivity index (χ3n) is 2.73. The van der Waals surface area contributed by atoms with Gasteiger partial charge in [0, 0.05) is 19.4 Å². The summed E-state index contributed by atoms with van der Waals surface area (Å²) < 4.78 is 11.2. The molecule has 1 heterocycles. The number of rotatable bonds is 8. The van der Waals surface area contributed by atoms with Gasteiger partial charge in [-0.25, -0.2) is 4.98 Å². The smallest absolute Gasteiger partial charge is 0.172 e. The number of nitrogens with two attached hydrogens (primary N) is 1. The summed E-state index contributed by atoms with van der Waals surface area (Å²) >= 11 is 0. The molecule has 18 heavy (non-hydrogen) atoms. The molecule has 3 N–H and O–H groups in total. The van der Waals surface area contributed by atoms with Crippen molar-refractivity contribution < 1.29 is 9.47 Å². The number of ether oxygens (including phenoxy) is 2. The van der Waals surface area contributed by atoms with Crippen molar-refractivity contribution in [3.8, 4) is 0 Å². The van der Waals surface area contributed by atoms with Crippen LogP contribution in [0.25, 0.3) is 0 Å². The zero-order chi connectivity index (χ0) is 13.4. The third-order valence-corrected chi connectivity index (χ3v) is 2.73. The van der Waals surface area contributed by atoms with E-state index in [1.165, 1.54) is 0 Å². The molecule has 0 aliphatic rings. The van der Waals surface area contributed by atoms with Crippen LogP contribution in [0.3, 0.4) is 0 Å². The van der Waals surface area contributed by atoms with Gasteiger partial charge in [0.1, 0.15) is 5.82 Å². The van der Waals surface area contributed by atoms with Gasteiger partial charge in [-0.1, -0.05) is 6.07 Å². The van der Waals surface area contributed by atoms with Gasteiger partial charge in [0.25, 0.3) is 0 Å². The first kappa shape index (κ1) is 14.9. The maximum Gasteiger partial charge on any atom is 0.172 e. The molecule has 1 rings (SSSR count). The first-order valence-corrected chi connectivity index (χ1v) is 6.32. The Bertz CT molecular complexity index is 341.